The van der Waals surface area contributed by atoms with Crippen molar-refractivity contribution in [2.24, 2.45) is 11.7 Å². The molecule has 1 rings (SSSR count). The third-order valence-electron chi connectivity index (χ3n) is 2.12. The van der Waals surface area contributed by atoms with Gasteiger partial charge in [-0.15, -0.1) is 0 Å². The maximum atomic E-state index is 11.8. The van der Waals surface area contributed by atoms with Gasteiger partial charge in [-0.2, -0.15) is 0 Å². The van der Waals surface area contributed by atoms with Gasteiger partial charge >= 0.3 is 0 Å². The molecule has 1 amide bonds. The van der Waals surface area contributed by atoms with Crippen LogP contribution < -0.4 is 10.6 Å². The van der Waals surface area contributed by atoms with Crippen molar-refractivity contribution in [3.63, 3.8) is 0 Å². The second-order valence-corrected chi connectivity index (χ2v) is 3.68. The number of nitrogens with zero attached hydrogens (tertiary/aromatic N) is 2. The molecule has 1 aromatic rings. The molecular weight excluding hydrogens is 210 g/mol. The summed E-state index contributed by atoms with van der Waals surface area (Å²) < 4.78 is 0. The van der Waals surface area contributed by atoms with Crippen molar-refractivity contribution in [3.8, 4) is 0 Å². The lowest BCUT2D eigenvalue weighted by Gasteiger charge is -2.19. The Kier molecular flexibility index (Phi) is 3.74. The second kappa shape index (κ2) is 4.84. The highest BCUT2D eigenvalue weighted by atomic mass is 32.1. The van der Waals surface area contributed by atoms with Gasteiger partial charge in [-0.3, -0.25) is 9.69 Å². The van der Waals surface area contributed by atoms with Gasteiger partial charge in [-0.25, -0.2) is 4.98 Å². The topological polar surface area (TPSA) is 59.2 Å². The van der Waals surface area contributed by atoms with E-state index in [-0.39, 0.29) is 10.9 Å². The summed E-state index contributed by atoms with van der Waals surface area (Å²) in [4.78, 5) is 17.5. The fraction of sp³-hybridized carbons (Fsp3) is 0.300. The van der Waals surface area contributed by atoms with Crippen LogP contribution in [0.15, 0.2) is 24.4 Å². The summed E-state index contributed by atoms with van der Waals surface area (Å²) in [7, 11) is 1.65. The first-order valence-corrected chi connectivity index (χ1v) is 4.92. The number of anilines is 1. The SMILES string of the molecule is CC(C(=O)N(C)c1ccccn1)C(N)=S. The summed E-state index contributed by atoms with van der Waals surface area (Å²) in [6.07, 6.45) is 1.63. The Morgan fingerprint density at radius 1 is 1.60 bits per heavy atom. The van der Waals surface area contributed by atoms with Crippen LogP contribution >= 0.6 is 12.2 Å². The van der Waals surface area contributed by atoms with Gasteiger partial charge in [0.1, 0.15) is 5.82 Å². The van der Waals surface area contributed by atoms with E-state index in [1.807, 2.05) is 6.07 Å². The fourth-order valence-electron chi connectivity index (χ4n) is 1.08. The van der Waals surface area contributed by atoms with Crippen LogP contribution in [0.4, 0.5) is 5.82 Å². The Balaban J connectivity index is 2.82. The number of rotatable bonds is 3. The smallest absolute Gasteiger partial charge is 0.237 e. The first-order chi connectivity index (χ1) is 7.04. The monoisotopic (exact) mass is 223 g/mol. The number of aromatic nitrogens is 1. The lowest BCUT2D eigenvalue weighted by molar-refractivity contribution is -0.119. The van der Waals surface area contributed by atoms with Gasteiger partial charge in [0, 0.05) is 13.2 Å². The van der Waals surface area contributed by atoms with Gasteiger partial charge in [-0.1, -0.05) is 18.3 Å². The van der Waals surface area contributed by atoms with E-state index in [0.29, 0.717) is 5.82 Å². The van der Waals surface area contributed by atoms with Crippen molar-refractivity contribution in [1.29, 1.82) is 0 Å². The van der Waals surface area contributed by atoms with Gasteiger partial charge in [-0.05, 0) is 19.1 Å². The van der Waals surface area contributed by atoms with E-state index >= 15 is 0 Å². The van der Waals surface area contributed by atoms with Crippen molar-refractivity contribution in [2.45, 2.75) is 6.92 Å². The lowest BCUT2D eigenvalue weighted by Crippen LogP contribution is -2.37. The molecule has 5 heteroatoms. The number of carbonyl (C=O) groups excluding carboxylic acids is 1. The van der Waals surface area contributed by atoms with Crippen molar-refractivity contribution < 1.29 is 4.79 Å². The fourth-order valence-corrected chi connectivity index (χ4v) is 1.18. The number of thiocarbonyl (C=S) groups is 1. The van der Waals surface area contributed by atoms with E-state index < -0.39 is 5.92 Å². The van der Waals surface area contributed by atoms with E-state index in [4.69, 9.17) is 18.0 Å². The molecule has 0 radical (unpaired) electrons. The summed E-state index contributed by atoms with van der Waals surface area (Å²) >= 11 is 4.77. The standard InChI is InChI=1S/C10H13N3OS/c1-7(9(11)15)10(14)13(2)8-5-3-4-6-12-8/h3-7H,1-2H3,(H2,11,15). The van der Waals surface area contributed by atoms with E-state index in [0.717, 1.165) is 0 Å². The number of hydrogen-bond donors (Lipinski definition) is 1. The normalized spacial score (nSPS) is 11.9. The quantitative estimate of drug-likeness (QED) is 0.776. The zero-order valence-electron chi connectivity index (χ0n) is 8.68. The molecule has 0 bridgehead atoms. The van der Waals surface area contributed by atoms with Crippen LogP contribution in [-0.2, 0) is 4.79 Å². The third-order valence-corrected chi connectivity index (χ3v) is 2.47. The van der Waals surface area contributed by atoms with Crippen molar-refractivity contribution in [2.75, 3.05) is 11.9 Å². The van der Waals surface area contributed by atoms with Crippen molar-refractivity contribution in [1.82, 2.24) is 4.98 Å². The zero-order valence-corrected chi connectivity index (χ0v) is 9.49. The molecule has 0 aliphatic carbocycles. The summed E-state index contributed by atoms with van der Waals surface area (Å²) in [5.74, 6) is -0.0289. The predicted molar refractivity (Wildman–Crippen MR) is 63.6 cm³/mol. The molecule has 1 unspecified atom stereocenters. The van der Waals surface area contributed by atoms with Gasteiger partial charge in [0.25, 0.3) is 0 Å². The van der Waals surface area contributed by atoms with E-state index in [2.05, 4.69) is 4.98 Å². The van der Waals surface area contributed by atoms with E-state index in [1.54, 1.807) is 32.3 Å². The number of nitrogens with two attached hydrogens (primary N) is 1. The number of carbonyl (C=O) groups is 1. The number of amides is 1. The summed E-state index contributed by atoms with van der Waals surface area (Å²) in [6, 6.07) is 5.36. The van der Waals surface area contributed by atoms with Gasteiger partial charge < -0.3 is 5.73 Å². The van der Waals surface area contributed by atoms with Crippen LogP contribution in [0.25, 0.3) is 0 Å². The summed E-state index contributed by atoms with van der Waals surface area (Å²) in [6.45, 7) is 1.68. The Morgan fingerprint density at radius 2 is 2.27 bits per heavy atom. The highest BCUT2D eigenvalue weighted by Gasteiger charge is 2.21. The molecule has 0 spiro atoms. The molecule has 0 aromatic carbocycles. The average molecular weight is 223 g/mol. The maximum Gasteiger partial charge on any atom is 0.237 e. The zero-order chi connectivity index (χ0) is 11.4. The minimum Gasteiger partial charge on any atom is -0.393 e. The lowest BCUT2D eigenvalue weighted by atomic mass is 10.1. The Morgan fingerprint density at radius 3 is 2.73 bits per heavy atom. The molecule has 0 aliphatic rings. The molecule has 0 saturated carbocycles. The van der Waals surface area contributed by atoms with Gasteiger partial charge in [0.15, 0.2) is 0 Å². The molecule has 4 nitrogen and oxygen atoms in total. The van der Waals surface area contributed by atoms with Crippen LogP contribution in [-0.4, -0.2) is 22.9 Å². The molecule has 0 fully saturated rings. The van der Waals surface area contributed by atoms with Crippen LogP contribution in [0, 0.1) is 5.92 Å². The first-order valence-electron chi connectivity index (χ1n) is 4.52. The number of hydrogen-bond acceptors (Lipinski definition) is 3. The minimum absolute atomic E-state index is 0.152. The van der Waals surface area contributed by atoms with Crippen LogP contribution in [0.5, 0.6) is 0 Å². The summed E-state index contributed by atoms with van der Waals surface area (Å²) in [5, 5.41) is 0. The second-order valence-electron chi connectivity index (χ2n) is 3.21. The maximum absolute atomic E-state index is 11.8. The molecular formula is C10H13N3OS. The highest BCUT2D eigenvalue weighted by Crippen LogP contribution is 2.10. The van der Waals surface area contributed by atoms with Crippen LogP contribution in [0.3, 0.4) is 0 Å². The molecule has 0 aliphatic heterocycles. The minimum atomic E-state index is -0.466. The molecule has 2 N–H and O–H groups in total. The van der Waals surface area contributed by atoms with E-state index in [9.17, 15) is 4.79 Å². The Hall–Kier alpha value is -1.49. The molecule has 1 atom stereocenters. The molecule has 15 heavy (non-hydrogen) atoms. The number of pyridine rings is 1. The molecule has 80 valence electrons. The Labute approximate surface area is 94.1 Å². The molecule has 0 saturated heterocycles. The summed E-state index contributed by atoms with van der Waals surface area (Å²) in [5.41, 5.74) is 5.42. The van der Waals surface area contributed by atoms with Crippen LogP contribution in [0.1, 0.15) is 6.92 Å². The van der Waals surface area contributed by atoms with Crippen molar-refractivity contribution >= 4 is 28.9 Å². The van der Waals surface area contributed by atoms with Gasteiger partial charge in [0.2, 0.25) is 5.91 Å². The predicted octanol–water partition coefficient (Wildman–Crippen LogP) is 0.967. The first kappa shape index (κ1) is 11.6. The average Bonchev–Trinajstić information content (AvgIpc) is 2.27. The molecule has 1 heterocycles. The third kappa shape index (κ3) is 2.73. The van der Waals surface area contributed by atoms with Crippen molar-refractivity contribution in [3.05, 3.63) is 24.4 Å². The van der Waals surface area contributed by atoms with Gasteiger partial charge in [0.05, 0.1) is 10.9 Å². The largest absolute Gasteiger partial charge is 0.393 e. The highest BCUT2D eigenvalue weighted by molar-refractivity contribution is 7.80. The van der Waals surface area contributed by atoms with Crippen LogP contribution in [0.2, 0.25) is 0 Å². The molecule has 1 aromatic heterocycles. The Bertz CT molecular complexity index is 366. The van der Waals surface area contributed by atoms with E-state index in [1.165, 1.54) is 4.90 Å².